The molecule has 0 spiro atoms. The summed E-state index contributed by atoms with van der Waals surface area (Å²) in [6.45, 7) is 7.88. The summed E-state index contributed by atoms with van der Waals surface area (Å²) >= 11 is 0. The van der Waals surface area contributed by atoms with E-state index in [2.05, 4.69) is 74.3 Å². The van der Waals surface area contributed by atoms with Crippen molar-refractivity contribution in [2.24, 2.45) is 0 Å². The number of carbonyl (C=O) groups excluding carboxylic acids is 1. The second-order valence-corrected chi connectivity index (χ2v) is 19.9. The van der Waals surface area contributed by atoms with Crippen LogP contribution in [-0.2, 0) is 30.5 Å². The first-order valence-corrected chi connectivity index (χ1v) is 22.2. The number of benzene rings is 6. The van der Waals surface area contributed by atoms with Gasteiger partial charge in [0, 0.05) is 41.4 Å². The number of hydrogen-bond donors (Lipinski definition) is 0. The molecule has 60 heavy (non-hydrogen) atoms. The fourth-order valence-electron chi connectivity index (χ4n) is 7.65. The second-order valence-electron chi connectivity index (χ2n) is 15.6. The molecule has 304 valence electrons. The van der Waals surface area contributed by atoms with Crippen LogP contribution in [0.2, 0.25) is 5.04 Å². The largest absolute Gasteiger partial charge is 0.496 e. The Morgan fingerprint density at radius 3 is 1.83 bits per heavy atom. The molecule has 8 heteroatoms. The molecule has 0 atom stereocenters. The monoisotopic (exact) mass is 813 g/mol. The van der Waals surface area contributed by atoms with E-state index in [1.165, 1.54) is 10.4 Å². The van der Waals surface area contributed by atoms with Crippen molar-refractivity contribution in [2.45, 2.75) is 51.9 Å². The normalized spacial score (nSPS) is 11.5. The minimum absolute atomic E-state index is 0.230. The van der Waals surface area contributed by atoms with Crippen molar-refractivity contribution in [3.8, 4) is 23.0 Å². The maximum absolute atomic E-state index is 13.2. The number of pyridine rings is 1. The molecule has 0 aliphatic heterocycles. The van der Waals surface area contributed by atoms with Gasteiger partial charge in [-0.2, -0.15) is 0 Å². The Balaban J connectivity index is 1.28. The lowest BCUT2D eigenvalue weighted by Crippen LogP contribution is -2.66. The lowest BCUT2D eigenvalue weighted by molar-refractivity contribution is 0.0734. The minimum Gasteiger partial charge on any atom is -0.496 e. The lowest BCUT2D eigenvalue weighted by atomic mass is 9.99. The number of ether oxygens (including phenoxy) is 4. The molecule has 0 radical (unpaired) electrons. The molecule has 7 rings (SSSR count). The van der Waals surface area contributed by atoms with Crippen LogP contribution in [0.1, 0.15) is 59.1 Å². The van der Waals surface area contributed by atoms with Crippen molar-refractivity contribution < 1.29 is 28.2 Å². The van der Waals surface area contributed by atoms with Gasteiger partial charge in [-0.05, 0) is 75.6 Å². The van der Waals surface area contributed by atoms with Gasteiger partial charge in [-0.1, -0.05) is 136 Å². The molecule has 1 heterocycles. The highest BCUT2D eigenvalue weighted by molar-refractivity contribution is 6.99. The Kier molecular flexibility index (Phi) is 13.6. The highest BCUT2D eigenvalue weighted by atomic mass is 28.4. The first-order chi connectivity index (χ1) is 29.2. The van der Waals surface area contributed by atoms with Crippen molar-refractivity contribution in [1.82, 2.24) is 4.98 Å². The summed E-state index contributed by atoms with van der Waals surface area (Å²) in [6, 6.07) is 55.7. The van der Waals surface area contributed by atoms with E-state index in [1.54, 1.807) is 31.5 Å². The standard InChI is InChI=1S/C52H51NO6Si/c1-52(2,3)60(47-24-13-7-14-25-47,48-26-15-8-16-27-48)58-38-43-36-46(57-37-39-19-9-5-10-20-39)35-42(50(43)55-4)33-41-34-45(59-51(54)40-21-11-6-12-22-40)28-29-49(41)56-32-30-44-23-17-18-31-53-44/h5-29,31,34-36H,30,32-33,37-38H2,1-4H3. The van der Waals surface area contributed by atoms with E-state index < -0.39 is 14.3 Å². The van der Waals surface area contributed by atoms with Crippen LogP contribution in [0.15, 0.2) is 176 Å². The van der Waals surface area contributed by atoms with E-state index in [9.17, 15) is 4.79 Å². The fourth-order valence-corrected chi connectivity index (χ4v) is 12.2. The average molecular weight is 814 g/mol. The molecule has 0 aliphatic carbocycles. The van der Waals surface area contributed by atoms with E-state index >= 15 is 0 Å². The third-order valence-corrected chi connectivity index (χ3v) is 15.5. The summed E-state index contributed by atoms with van der Waals surface area (Å²) in [5.74, 6) is 1.99. The molecule has 0 N–H and O–H groups in total. The molecule has 0 amide bonds. The van der Waals surface area contributed by atoms with Crippen molar-refractivity contribution >= 4 is 24.7 Å². The molecule has 0 saturated carbocycles. The molecule has 6 aromatic carbocycles. The molecular weight excluding hydrogens is 763 g/mol. The third-order valence-electron chi connectivity index (χ3n) is 10.5. The number of hydrogen-bond acceptors (Lipinski definition) is 7. The second kappa shape index (κ2) is 19.5. The topological polar surface area (TPSA) is 76.1 Å². The van der Waals surface area contributed by atoms with Gasteiger partial charge in [-0.15, -0.1) is 0 Å². The Morgan fingerprint density at radius 1 is 0.617 bits per heavy atom. The summed E-state index contributed by atoms with van der Waals surface area (Å²) in [5, 5.41) is 2.15. The molecular formula is C52H51NO6Si. The van der Waals surface area contributed by atoms with E-state index in [0.717, 1.165) is 27.9 Å². The quantitative estimate of drug-likeness (QED) is 0.0515. The van der Waals surface area contributed by atoms with Crippen LogP contribution < -0.4 is 29.3 Å². The SMILES string of the molecule is COc1c(CO[Si](c2ccccc2)(c2ccccc2)C(C)(C)C)cc(OCc2ccccc2)cc1Cc1cc(OC(=O)c2ccccc2)ccc1OCCc1ccccn1. The van der Waals surface area contributed by atoms with Gasteiger partial charge < -0.3 is 23.4 Å². The number of aromatic nitrogens is 1. The van der Waals surface area contributed by atoms with Crippen LogP contribution in [0.3, 0.4) is 0 Å². The zero-order valence-corrected chi connectivity index (χ0v) is 35.7. The Hall–Kier alpha value is -6.48. The summed E-state index contributed by atoms with van der Waals surface area (Å²) < 4.78 is 32.7. The molecule has 0 aliphatic rings. The Labute approximate surface area is 354 Å². The fraction of sp³-hybridized carbons (Fsp3) is 0.192. The van der Waals surface area contributed by atoms with Crippen LogP contribution in [0, 0.1) is 0 Å². The van der Waals surface area contributed by atoms with E-state index in [-0.39, 0.29) is 11.6 Å². The van der Waals surface area contributed by atoms with Crippen LogP contribution in [0.5, 0.6) is 23.0 Å². The first kappa shape index (κ1) is 41.7. The van der Waals surface area contributed by atoms with Crippen molar-refractivity contribution in [3.63, 3.8) is 0 Å². The number of carbonyl (C=O) groups is 1. The number of nitrogens with zero attached hydrogens (tertiary/aromatic N) is 1. The maximum Gasteiger partial charge on any atom is 0.343 e. The number of methoxy groups -OCH3 is 1. The molecule has 7 nitrogen and oxygen atoms in total. The van der Waals surface area contributed by atoms with E-state index in [0.29, 0.717) is 54.6 Å². The van der Waals surface area contributed by atoms with Crippen molar-refractivity contribution in [2.75, 3.05) is 13.7 Å². The third kappa shape index (κ3) is 10.0. The van der Waals surface area contributed by atoms with Gasteiger partial charge in [0.2, 0.25) is 0 Å². The van der Waals surface area contributed by atoms with Crippen LogP contribution in [0.4, 0.5) is 0 Å². The summed E-state index contributed by atoms with van der Waals surface area (Å²) in [5.41, 5.74) is 4.98. The number of rotatable bonds is 17. The molecule has 0 fully saturated rings. The highest BCUT2D eigenvalue weighted by Crippen LogP contribution is 2.40. The highest BCUT2D eigenvalue weighted by Gasteiger charge is 2.50. The first-order valence-electron chi connectivity index (χ1n) is 20.3. The molecule has 1 aromatic heterocycles. The van der Waals surface area contributed by atoms with Crippen molar-refractivity contribution in [1.29, 1.82) is 0 Å². The summed E-state index contributed by atoms with van der Waals surface area (Å²) in [6.07, 6.45) is 2.79. The average Bonchev–Trinajstić information content (AvgIpc) is 3.28. The number of esters is 1. The minimum atomic E-state index is -2.92. The smallest absolute Gasteiger partial charge is 0.343 e. The predicted octanol–water partition coefficient (Wildman–Crippen LogP) is 10.2. The molecule has 0 unspecified atom stereocenters. The van der Waals surface area contributed by atoms with E-state index in [1.807, 2.05) is 103 Å². The zero-order chi connectivity index (χ0) is 41.8. The maximum atomic E-state index is 13.2. The van der Waals surface area contributed by atoms with Gasteiger partial charge in [-0.25, -0.2) is 4.79 Å². The van der Waals surface area contributed by atoms with Gasteiger partial charge in [0.05, 0.1) is 25.9 Å². The van der Waals surface area contributed by atoms with Crippen LogP contribution >= 0.6 is 0 Å². The molecule has 0 saturated heterocycles. The predicted molar refractivity (Wildman–Crippen MR) is 240 cm³/mol. The Morgan fingerprint density at radius 2 is 1.22 bits per heavy atom. The van der Waals surface area contributed by atoms with Gasteiger partial charge in [0.15, 0.2) is 0 Å². The zero-order valence-electron chi connectivity index (χ0n) is 34.7. The van der Waals surface area contributed by atoms with Crippen LogP contribution in [0.25, 0.3) is 0 Å². The molecule has 0 bridgehead atoms. The Bertz CT molecular complexity index is 2400. The summed E-state index contributed by atoms with van der Waals surface area (Å²) in [4.78, 5) is 17.7. The molecule has 7 aromatic rings. The van der Waals surface area contributed by atoms with Crippen LogP contribution in [-0.4, -0.2) is 33.0 Å². The van der Waals surface area contributed by atoms with E-state index in [4.69, 9.17) is 23.4 Å². The van der Waals surface area contributed by atoms with Gasteiger partial charge in [-0.3, -0.25) is 4.98 Å². The lowest BCUT2D eigenvalue weighted by Gasteiger charge is -2.43. The van der Waals surface area contributed by atoms with Gasteiger partial charge >= 0.3 is 5.97 Å². The van der Waals surface area contributed by atoms with Gasteiger partial charge in [0.1, 0.15) is 29.6 Å². The summed E-state index contributed by atoms with van der Waals surface area (Å²) in [7, 11) is -1.23. The van der Waals surface area contributed by atoms with Gasteiger partial charge in [0.25, 0.3) is 8.32 Å². The van der Waals surface area contributed by atoms with Crippen molar-refractivity contribution in [3.05, 3.63) is 210 Å².